The number of imidazole rings is 1. The number of aromatic nitrogens is 3. The molecule has 1 aliphatic rings. The normalized spacial score (nSPS) is 15.6. The van der Waals surface area contributed by atoms with E-state index in [0.29, 0.717) is 28.1 Å². The Morgan fingerprint density at radius 3 is 2.84 bits per heavy atom. The first-order valence-corrected chi connectivity index (χ1v) is 11.8. The van der Waals surface area contributed by atoms with Crippen LogP contribution in [0.3, 0.4) is 0 Å². The van der Waals surface area contributed by atoms with Gasteiger partial charge in [-0.15, -0.1) is 0 Å². The Bertz CT molecular complexity index is 1160. The van der Waals surface area contributed by atoms with E-state index in [0.717, 1.165) is 36.4 Å². The maximum atomic E-state index is 12.8. The van der Waals surface area contributed by atoms with Crippen molar-refractivity contribution in [3.63, 3.8) is 0 Å². The van der Waals surface area contributed by atoms with Gasteiger partial charge in [-0.1, -0.05) is 23.4 Å². The summed E-state index contributed by atoms with van der Waals surface area (Å²) in [5.41, 5.74) is 3.27. The number of carbonyl (C=O) groups excluding carboxylic acids is 1. The average molecular weight is 470 g/mol. The van der Waals surface area contributed by atoms with Crippen LogP contribution in [-0.2, 0) is 16.1 Å². The van der Waals surface area contributed by atoms with Crippen LogP contribution in [0.5, 0.6) is 0 Å². The number of amides is 1. The van der Waals surface area contributed by atoms with E-state index >= 15 is 0 Å². The molecule has 1 N–H and O–H groups in total. The van der Waals surface area contributed by atoms with Gasteiger partial charge < -0.3 is 14.6 Å². The quantitative estimate of drug-likeness (QED) is 0.506. The summed E-state index contributed by atoms with van der Waals surface area (Å²) in [5, 5.41) is 14.0. The van der Waals surface area contributed by atoms with E-state index in [-0.39, 0.29) is 17.8 Å². The van der Waals surface area contributed by atoms with E-state index in [4.69, 9.17) is 16.3 Å². The summed E-state index contributed by atoms with van der Waals surface area (Å²) in [5.74, 6) is 0.520. The third kappa shape index (κ3) is 4.70. The number of rotatable bonds is 7. The predicted octanol–water partition coefficient (Wildman–Crippen LogP) is 4.73. The van der Waals surface area contributed by atoms with E-state index in [2.05, 4.69) is 16.4 Å². The number of carbonyl (C=O) groups is 1. The molecule has 7 nitrogen and oxygen atoms in total. The summed E-state index contributed by atoms with van der Waals surface area (Å²) in [6.07, 6.45) is 5.66. The van der Waals surface area contributed by atoms with Gasteiger partial charge in [0.15, 0.2) is 5.16 Å². The summed E-state index contributed by atoms with van der Waals surface area (Å²) >= 11 is 7.31. The van der Waals surface area contributed by atoms with Crippen molar-refractivity contribution >= 4 is 35.1 Å². The number of thioether (sulfide) groups is 1. The number of ether oxygens (including phenoxy) is 1. The first kappa shape index (κ1) is 22.5. The second-order valence-corrected chi connectivity index (χ2v) is 9.06. The van der Waals surface area contributed by atoms with E-state index < -0.39 is 0 Å². The smallest absolute Gasteiger partial charge is 0.235 e. The van der Waals surface area contributed by atoms with Crippen molar-refractivity contribution in [2.24, 2.45) is 0 Å². The molecule has 0 bridgehead atoms. The fraction of sp³-hybridized carbons (Fsp3) is 0.348. The van der Waals surface area contributed by atoms with Crippen molar-refractivity contribution in [1.29, 1.82) is 5.26 Å². The van der Waals surface area contributed by atoms with E-state index in [9.17, 15) is 10.1 Å². The molecule has 4 rings (SSSR count). The van der Waals surface area contributed by atoms with Gasteiger partial charge in [-0.3, -0.25) is 9.36 Å². The summed E-state index contributed by atoms with van der Waals surface area (Å²) in [6.45, 7) is 5.26. The first-order valence-electron chi connectivity index (χ1n) is 10.4. The lowest BCUT2D eigenvalue weighted by Crippen LogP contribution is -2.22. The second-order valence-electron chi connectivity index (χ2n) is 7.68. The zero-order chi connectivity index (χ0) is 22.7. The van der Waals surface area contributed by atoms with Gasteiger partial charge in [0, 0.05) is 35.4 Å². The van der Waals surface area contributed by atoms with Crippen molar-refractivity contribution < 1.29 is 9.53 Å². The van der Waals surface area contributed by atoms with Crippen molar-refractivity contribution in [3.8, 4) is 11.8 Å². The van der Waals surface area contributed by atoms with Crippen molar-refractivity contribution in [1.82, 2.24) is 14.1 Å². The topological polar surface area (TPSA) is 84.9 Å². The number of halogens is 1. The molecule has 1 saturated heterocycles. The van der Waals surface area contributed by atoms with Crippen LogP contribution in [0.15, 0.2) is 41.8 Å². The lowest BCUT2D eigenvalue weighted by atomic mass is 10.2. The van der Waals surface area contributed by atoms with Gasteiger partial charge in [0.1, 0.15) is 11.9 Å². The zero-order valence-electron chi connectivity index (χ0n) is 18.0. The Balaban J connectivity index is 1.48. The molecule has 0 aliphatic carbocycles. The number of anilines is 1. The van der Waals surface area contributed by atoms with Gasteiger partial charge in [0.05, 0.1) is 24.0 Å². The minimum absolute atomic E-state index is 0.101. The summed E-state index contributed by atoms with van der Waals surface area (Å²) < 4.78 is 9.68. The van der Waals surface area contributed by atoms with Gasteiger partial charge in [-0.25, -0.2) is 4.98 Å². The van der Waals surface area contributed by atoms with Crippen molar-refractivity contribution in [2.75, 3.05) is 17.7 Å². The highest BCUT2D eigenvalue weighted by molar-refractivity contribution is 7.99. The SMILES string of the molecule is Cc1c(C#N)c(NC(=O)CSc2nccn2-c2ccc(Cl)cc2)n(C[C@H]2CCCO2)c1C. The zero-order valence-corrected chi connectivity index (χ0v) is 19.5. The molecule has 0 spiro atoms. The number of nitrogens with zero attached hydrogens (tertiary/aromatic N) is 4. The highest BCUT2D eigenvalue weighted by atomic mass is 35.5. The molecule has 0 radical (unpaired) electrons. The first-order chi connectivity index (χ1) is 15.5. The minimum atomic E-state index is -0.191. The Kier molecular flexibility index (Phi) is 6.89. The third-order valence-corrected chi connectivity index (χ3v) is 6.87. The number of hydrogen-bond donors (Lipinski definition) is 1. The third-order valence-electron chi connectivity index (χ3n) is 5.65. The number of nitriles is 1. The monoisotopic (exact) mass is 469 g/mol. The molecule has 0 unspecified atom stereocenters. The standard InChI is InChI=1S/C23H24ClN5O2S/c1-15-16(2)29(13-19-4-3-11-31-19)22(20(15)12-25)27-21(30)14-32-23-26-9-10-28(23)18-7-5-17(24)6-8-18/h5-10,19H,3-4,11,13-14H2,1-2H3,(H,27,30)/t19-/m1/s1. The largest absolute Gasteiger partial charge is 0.376 e. The van der Waals surface area contributed by atoms with Gasteiger partial charge in [0.25, 0.3) is 0 Å². The van der Waals surface area contributed by atoms with Gasteiger partial charge in [0.2, 0.25) is 5.91 Å². The molecule has 1 fully saturated rings. The molecular formula is C23H24ClN5O2S. The predicted molar refractivity (Wildman–Crippen MR) is 126 cm³/mol. The van der Waals surface area contributed by atoms with Crippen LogP contribution in [0.2, 0.25) is 5.02 Å². The minimum Gasteiger partial charge on any atom is -0.376 e. The molecule has 32 heavy (non-hydrogen) atoms. The molecular weight excluding hydrogens is 446 g/mol. The number of benzene rings is 1. The van der Waals surface area contributed by atoms with Crippen LogP contribution in [-0.4, -0.2) is 38.5 Å². The lowest BCUT2D eigenvalue weighted by molar-refractivity contribution is -0.113. The fourth-order valence-corrected chi connectivity index (χ4v) is 4.74. The summed E-state index contributed by atoms with van der Waals surface area (Å²) in [4.78, 5) is 17.2. The summed E-state index contributed by atoms with van der Waals surface area (Å²) in [7, 11) is 0. The van der Waals surface area contributed by atoms with Gasteiger partial charge in [-0.05, 0) is 56.5 Å². The van der Waals surface area contributed by atoms with E-state index in [1.165, 1.54) is 11.8 Å². The Morgan fingerprint density at radius 1 is 1.38 bits per heavy atom. The summed E-state index contributed by atoms with van der Waals surface area (Å²) in [6, 6.07) is 9.68. The molecule has 9 heteroatoms. The fourth-order valence-electron chi connectivity index (χ4n) is 3.84. The van der Waals surface area contributed by atoms with Gasteiger partial charge in [-0.2, -0.15) is 5.26 Å². The molecule has 1 amide bonds. The molecule has 0 saturated carbocycles. The average Bonchev–Trinajstić information content (AvgIpc) is 3.51. The Hall–Kier alpha value is -2.73. The highest BCUT2D eigenvalue weighted by Gasteiger charge is 2.24. The lowest BCUT2D eigenvalue weighted by Gasteiger charge is -2.17. The van der Waals surface area contributed by atoms with Crippen LogP contribution < -0.4 is 5.32 Å². The van der Waals surface area contributed by atoms with E-state index in [1.54, 1.807) is 6.20 Å². The van der Waals surface area contributed by atoms with E-state index in [1.807, 2.05) is 53.4 Å². The molecule has 1 aromatic carbocycles. The molecule has 166 valence electrons. The van der Waals surface area contributed by atoms with Crippen molar-refractivity contribution in [3.05, 3.63) is 58.5 Å². The molecule has 3 aromatic rings. The van der Waals surface area contributed by atoms with Crippen molar-refractivity contribution in [2.45, 2.75) is 44.5 Å². The van der Waals surface area contributed by atoms with Crippen LogP contribution in [0.1, 0.15) is 29.7 Å². The van der Waals surface area contributed by atoms with Crippen LogP contribution in [0.4, 0.5) is 5.82 Å². The number of nitrogens with one attached hydrogen (secondary N) is 1. The van der Waals surface area contributed by atoms with Crippen LogP contribution in [0.25, 0.3) is 5.69 Å². The highest BCUT2D eigenvalue weighted by Crippen LogP contribution is 2.29. The van der Waals surface area contributed by atoms with Crippen LogP contribution >= 0.6 is 23.4 Å². The maximum absolute atomic E-state index is 12.8. The molecule has 2 aromatic heterocycles. The van der Waals surface area contributed by atoms with Crippen LogP contribution in [0, 0.1) is 25.2 Å². The molecule has 1 aliphatic heterocycles. The second kappa shape index (κ2) is 9.82. The Morgan fingerprint density at radius 2 is 2.16 bits per heavy atom. The molecule has 3 heterocycles. The Labute approximate surface area is 196 Å². The molecule has 1 atom stereocenters. The van der Waals surface area contributed by atoms with Gasteiger partial charge >= 0.3 is 0 Å². The maximum Gasteiger partial charge on any atom is 0.235 e. The number of hydrogen-bond acceptors (Lipinski definition) is 5.